The largest absolute Gasteiger partial charge is 0.323 e. The molecular formula is C19H29N3O. The Bertz CT molecular complexity index is 590. The Morgan fingerprint density at radius 1 is 1.30 bits per heavy atom. The summed E-state index contributed by atoms with van der Waals surface area (Å²) in [5.41, 5.74) is 3.59. The molecule has 0 fully saturated rings. The van der Waals surface area contributed by atoms with Gasteiger partial charge in [-0.3, -0.25) is 4.79 Å². The molecule has 0 bridgehead atoms. The molecule has 1 N–H and O–H groups in total. The Morgan fingerprint density at radius 2 is 2.04 bits per heavy atom. The molecule has 1 aliphatic rings. The molecule has 2 aromatic rings. The number of rotatable bonds is 3. The fourth-order valence-corrected chi connectivity index (χ4v) is 2.47. The molecule has 0 amide bonds. The van der Waals surface area contributed by atoms with E-state index in [9.17, 15) is 4.79 Å². The van der Waals surface area contributed by atoms with E-state index >= 15 is 0 Å². The zero-order valence-corrected chi connectivity index (χ0v) is 14.8. The standard InChI is InChI=1S/C10H14.C7H9N3O.C2H6/c1-3-6-10-8-5-4-7-9(10)2;11-5-6-3-9-7-4-8-1-2-10(6)7;1-2/h4-5,7-8H,3,6H2,1-2H3;3,5,8H,1-2,4H2;1-2H3. The van der Waals surface area contributed by atoms with Gasteiger partial charge in [0, 0.05) is 13.1 Å². The molecule has 2 heterocycles. The zero-order valence-electron chi connectivity index (χ0n) is 14.8. The predicted molar refractivity (Wildman–Crippen MR) is 95.8 cm³/mol. The van der Waals surface area contributed by atoms with Crippen LogP contribution in [0.1, 0.15) is 54.6 Å². The van der Waals surface area contributed by atoms with E-state index in [1.807, 2.05) is 18.4 Å². The number of aryl methyl sites for hydroxylation is 2. The van der Waals surface area contributed by atoms with Crippen molar-refractivity contribution >= 4 is 6.29 Å². The van der Waals surface area contributed by atoms with Crippen molar-refractivity contribution in [2.24, 2.45) is 0 Å². The number of nitrogens with one attached hydrogen (secondary N) is 1. The molecule has 3 rings (SSSR count). The summed E-state index contributed by atoms with van der Waals surface area (Å²) < 4.78 is 1.95. The topological polar surface area (TPSA) is 46.9 Å². The van der Waals surface area contributed by atoms with Crippen LogP contribution in [0.15, 0.2) is 30.5 Å². The van der Waals surface area contributed by atoms with Crippen LogP contribution >= 0.6 is 0 Å². The molecule has 0 saturated heterocycles. The maximum atomic E-state index is 10.5. The van der Waals surface area contributed by atoms with Crippen molar-refractivity contribution in [1.82, 2.24) is 14.9 Å². The number of nitrogens with zero attached hydrogens (tertiary/aromatic N) is 2. The van der Waals surface area contributed by atoms with E-state index in [1.165, 1.54) is 24.0 Å². The molecule has 0 spiro atoms. The molecule has 1 aromatic heterocycles. The van der Waals surface area contributed by atoms with Crippen molar-refractivity contribution < 1.29 is 4.79 Å². The van der Waals surface area contributed by atoms with Gasteiger partial charge < -0.3 is 9.88 Å². The normalized spacial score (nSPS) is 12.2. The van der Waals surface area contributed by atoms with Gasteiger partial charge in [0.05, 0.1) is 12.7 Å². The third-order valence-corrected chi connectivity index (χ3v) is 3.67. The molecule has 1 aromatic carbocycles. The van der Waals surface area contributed by atoms with Gasteiger partial charge >= 0.3 is 0 Å². The summed E-state index contributed by atoms with van der Waals surface area (Å²) in [6.07, 6.45) is 4.93. The summed E-state index contributed by atoms with van der Waals surface area (Å²) in [4.78, 5) is 14.6. The summed E-state index contributed by atoms with van der Waals surface area (Å²) in [5, 5.41) is 3.18. The van der Waals surface area contributed by atoms with E-state index in [0.717, 1.165) is 31.7 Å². The number of aldehydes is 1. The second kappa shape index (κ2) is 10.7. The van der Waals surface area contributed by atoms with Crippen LogP contribution in [0.2, 0.25) is 0 Å². The molecule has 1 aliphatic heterocycles. The first-order valence-electron chi connectivity index (χ1n) is 8.51. The number of hydrogen-bond donors (Lipinski definition) is 1. The molecule has 23 heavy (non-hydrogen) atoms. The molecule has 4 nitrogen and oxygen atoms in total. The number of imidazole rings is 1. The van der Waals surface area contributed by atoms with Crippen LogP contribution in [-0.4, -0.2) is 22.4 Å². The Balaban J connectivity index is 0.000000209. The summed E-state index contributed by atoms with van der Waals surface area (Å²) in [7, 11) is 0. The summed E-state index contributed by atoms with van der Waals surface area (Å²) in [5.74, 6) is 0.957. The van der Waals surface area contributed by atoms with Crippen LogP contribution in [0.4, 0.5) is 0 Å². The van der Waals surface area contributed by atoms with Gasteiger partial charge in [0.1, 0.15) is 11.5 Å². The van der Waals surface area contributed by atoms with Crippen LogP contribution in [0.25, 0.3) is 0 Å². The first-order chi connectivity index (χ1) is 11.3. The Hall–Kier alpha value is -1.94. The molecular weight excluding hydrogens is 286 g/mol. The van der Waals surface area contributed by atoms with Crippen LogP contribution in [0, 0.1) is 6.92 Å². The van der Waals surface area contributed by atoms with Gasteiger partial charge in [0.2, 0.25) is 0 Å². The van der Waals surface area contributed by atoms with Gasteiger partial charge in [-0.25, -0.2) is 4.98 Å². The lowest BCUT2D eigenvalue weighted by molar-refractivity contribution is 0.111. The van der Waals surface area contributed by atoms with Crippen molar-refractivity contribution in [3.63, 3.8) is 0 Å². The number of carbonyl (C=O) groups excluding carboxylic acids is 1. The summed E-state index contributed by atoms with van der Waals surface area (Å²) >= 11 is 0. The SMILES string of the molecule is CC.CCCc1ccccc1C.O=Cc1cnc2n1CCNC2. The minimum atomic E-state index is 0.682. The fourth-order valence-electron chi connectivity index (χ4n) is 2.47. The highest BCUT2D eigenvalue weighted by molar-refractivity contribution is 5.71. The Labute approximate surface area is 139 Å². The second-order valence-corrected chi connectivity index (χ2v) is 5.22. The highest BCUT2D eigenvalue weighted by Gasteiger charge is 2.11. The lowest BCUT2D eigenvalue weighted by Gasteiger charge is -2.15. The van der Waals surface area contributed by atoms with Crippen LogP contribution in [0.5, 0.6) is 0 Å². The molecule has 0 saturated carbocycles. The Morgan fingerprint density at radius 3 is 2.70 bits per heavy atom. The third kappa shape index (κ3) is 5.64. The Kier molecular flexibility index (Phi) is 8.91. The lowest BCUT2D eigenvalue weighted by Crippen LogP contribution is -2.29. The maximum Gasteiger partial charge on any atom is 0.168 e. The monoisotopic (exact) mass is 315 g/mol. The van der Waals surface area contributed by atoms with Gasteiger partial charge in [0.15, 0.2) is 6.29 Å². The van der Waals surface area contributed by atoms with Gasteiger partial charge in [-0.15, -0.1) is 0 Å². The van der Waals surface area contributed by atoms with E-state index in [2.05, 4.69) is 48.4 Å². The van der Waals surface area contributed by atoms with E-state index < -0.39 is 0 Å². The first kappa shape index (κ1) is 19.1. The van der Waals surface area contributed by atoms with Crippen LogP contribution in [0.3, 0.4) is 0 Å². The number of fused-ring (bicyclic) bond motifs is 1. The predicted octanol–water partition coefficient (Wildman–Crippen LogP) is 3.77. The quantitative estimate of drug-likeness (QED) is 0.877. The van der Waals surface area contributed by atoms with Crippen molar-refractivity contribution in [2.75, 3.05) is 6.54 Å². The van der Waals surface area contributed by atoms with Crippen LogP contribution in [-0.2, 0) is 19.5 Å². The first-order valence-corrected chi connectivity index (χ1v) is 8.51. The summed E-state index contributed by atoms with van der Waals surface area (Å²) in [6.45, 7) is 10.9. The molecule has 4 heteroatoms. The van der Waals surface area contributed by atoms with Gasteiger partial charge in [0.25, 0.3) is 0 Å². The van der Waals surface area contributed by atoms with E-state index in [-0.39, 0.29) is 0 Å². The van der Waals surface area contributed by atoms with Crippen molar-refractivity contribution in [1.29, 1.82) is 0 Å². The average Bonchev–Trinajstić information content (AvgIpc) is 3.03. The van der Waals surface area contributed by atoms with Gasteiger partial charge in [-0.2, -0.15) is 0 Å². The minimum Gasteiger partial charge on any atom is -0.323 e. The smallest absolute Gasteiger partial charge is 0.168 e. The number of aromatic nitrogens is 2. The average molecular weight is 315 g/mol. The molecule has 0 aliphatic carbocycles. The molecule has 0 unspecified atom stereocenters. The van der Waals surface area contributed by atoms with Crippen LogP contribution < -0.4 is 5.32 Å². The maximum absolute atomic E-state index is 10.5. The highest BCUT2D eigenvalue weighted by Crippen LogP contribution is 2.08. The number of hydrogen-bond acceptors (Lipinski definition) is 3. The molecule has 0 radical (unpaired) electrons. The fraction of sp³-hybridized carbons (Fsp3) is 0.474. The van der Waals surface area contributed by atoms with Crippen molar-refractivity contribution in [2.45, 2.75) is 53.6 Å². The third-order valence-electron chi connectivity index (χ3n) is 3.67. The van der Waals surface area contributed by atoms with E-state index in [1.54, 1.807) is 6.20 Å². The zero-order chi connectivity index (χ0) is 17.1. The molecule has 0 atom stereocenters. The van der Waals surface area contributed by atoms with Gasteiger partial charge in [-0.05, 0) is 24.5 Å². The summed E-state index contributed by atoms with van der Waals surface area (Å²) in [6, 6.07) is 8.58. The number of benzene rings is 1. The van der Waals surface area contributed by atoms with Gasteiger partial charge in [-0.1, -0.05) is 51.5 Å². The highest BCUT2D eigenvalue weighted by atomic mass is 16.1. The van der Waals surface area contributed by atoms with Crippen molar-refractivity contribution in [3.05, 3.63) is 53.1 Å². The lowest BCUT2D eigenvalue weighted by atomic mass is 10.1. The van der Waals surface area contributed by atoms with E-state index in [4.69, 9.17) is 0 Å². The van der Waals surface area contributed by atoms with E-state index in [0.29, 0.717) is 5.69 Å². The minimum absolute atomic E-state index is 0.682. The number of carbonyl (C=O) groups is 1. The second-order valence-electron chi connectivity index (χ2n) is 5.22. The molecule has 126 valence electrons. The van der Waals surface area contributed by atoms with Crippen molar-refractivity contribution in [3.8, 4) is 0 Å².